The van der Waals surface area contributed by atoms with Crippen molar-refractivity contribution in [3.8, 4) is 11.4 Å². The zero-order chi connectivity index (χ0) is 10.7. The summed E-state index contributed by atoms with van der Waals surface area (Å²) < 4.78 is 0. The first kappa shape index (κ1) is 10.4. The van der Waals surface area contributed by atoms with Crippen LogP contribution in [-0.4, -0.2) is 16.0 Å². The van der Waals surface area contributed by atoms with Gasteiger partial charge in [0.2, 0.25) is 0 Å². The molecule has 2 heterocycles. The van der Waals surface area contributed by atoms with Crippen molar-refractivity contribution in [2.45, 2.75) is 25.8 Å². The van der Waals surface area contributed by atoms with Crippen molar-refractivity contribution in [3.63, 3.8) is 0 Å². The summed E-state index contributed by atoms with van der Waals surface area (Å²) in [7, 11) is 0. The molecule has 0 amide bonds. The normalized spacial score (nSPS) is 12.9. The van der Waals surface area contributed by atoms with Crippen LogP contribution in [0.4, 0.5) is 0 Å². The highest BCUT2D eigenvalue weighted by molar-refractivity contribution is 7.09. The molecule has 0 aliphatic rings. The first-order chi connectivity index (χ1) is 7.29. The van der Waals surface area contributed by atoms with Gasteiger partial charge in [-0.3, -0.25) is 0 Å². The molecule has 0 fully saturated rings. The molecule has 80 valence electrons. The predicted molar refractivity (Wildman–Crippen MR) is 63.9 cm³/mol. The second-order valence-electron chi connectivity index (χ2n) is 3.58. The fraction of sp³-hybridized carbons (Fsp3) is 0.364. The molecule has 2 rings (SSSR count). The summed E-state index contributed by atoms with van der Waals surface area (Å²) in [5, 5.41) is 3.19. The third-order valence-electron chi connectivity index (χ3n) is 2.39. The molecule has 0 aliphatic carbocycles. The van der Waals surface area contributed by atoms with Crippen molar-refractivity contribution in [1.29, 1.82) is 0 Å². The lowest BCUT2D eigenvalue weighted by Gasteiger charge is -2.04. The molecule has 0 saturated carbocycles. The van der Waals surface area contributed by atoms with Crippen LogP contribution in [-0.2, 0) is 6.42 Å². The number of aromatic amines is 1. The highest BCUT2D eigenvalue weighted by atomic mass is 32.1. The molecule has 4 heteroatoms. The summed E-state index contributed by atoms with van der Waals surface area (Å²) in [6.07, 6.45) is 3.78. The van der Waals surface area contributed by atoms with E-state index >= 15 is 0 Å². The van der Waals surface area contributed by atoms with E-state index in [1.165, 1.54) is 0 Å². The Kier molecular flexibility index (Phi) is 3.18. The van der Waals surface area contributed by atoms with Crippen LogP contribution in [0.3, 0.4) is 0 Å². The lowest BCUT2D eigenvalue weighted by Crippen LogP contribution is -2.21. The molecular formula is C11H15N3S. The van der Waals surface area contributed by atoms with Gasteiger partial charge in [0.15, 0.2) is 0 Å². The zero-order valence-electron chi connectivity index (χ0n) is 8.73. The Morgan fingerprint density at radius 3 is 3.13 bits per heavy atom. The number of thiazole rings is 1. The number of H-pyrrole nitrogens is 1. The topological polar surface area (TPSA) is 54.7 Å². The third-order valence-corrected chi connectivity index (χ3v) is 3.26. The van der Waals surface area contributed by atoms with E-state index in [9.17, 15) is 0 Å². The minimum Gasteiger partial charge on any atom is -0.360 e. The van der Waals surface area contributed by atoms with Gasteiger partial charge in [0, 0.05) is 24.0 Å². The molecule has 0 spiro atoms. The van der Waals surface area contributed by atoms with Crippen molar-refractivity contribution in [3.05, 3.63) is 28.7 Å². The highest BCUT2D eigenvalue weighted by Gasteiger charge is 2.07. The maximum Gasteiger partial charge on any atom is 0.0976 e. The Balaban J connectivity index is 2.11. The Hall–Kier alpha value is -1.13. The SMILES string of the molecule is CCC(N)Cc1nc(-c2ccc[nH]2)cs1. The molecule has 3 nitrogen and oxygen atoms in total. The molecule has 0 bridgehead atoms. The third kappa shape index (κ3) is 2.46. The fourth-order valence-electron chi connectivity index (χ4n) is 1.39. The number of hydrogen-bond donors (Lipinski definition) is 2. The first-order valence-corrected chi connectivity index (χ1v) is 6.01. The van der Waals surface area contributed by atoms with Crippen LogP contribution in [0.2, 0.25) is 0 Å². The van der Waals surface area contributed by atoms with Gasteiger partial charge in [0.25, 0.3) is 0 Å². The van der Waals surface area contributed by atoms with Crippen molar-refractivity contribution >= 4 is 11.3 Å². The standard InChI is InChI=1S/C11H15N3S/c1-2-8(12)6-11-14-10(7-15-11)9-4-3-5-13-9/h3-5,7-8,13H,2,6,12H2,1H3. The van der Waals surface area contributed by atoms with Crippen molar-refractivity contribution in [1.82, 2.24) is 9.97 Å². The number of nitrogens with two attached hydrogens (primary N) is 1. The number of hydrogen-bond acceptors (Lipinski definition) is 3. The van der Waals surface area contributed by atoms with Gasteiger partial charge in [0.05, 0.1) is 16.4 Å². The minimum absolute atomic E-state index is 0.229. The van der Waals surface area contributed by atoms with Crippen LogP contribution < -0.4 is 5.73 Å². The number of rotatable bonds is 4. The Bertz CT molecular complexity index is 405. The quantitative estimate of drug-likeness (QED) is 0.833. The number of nitrogens with zero attached hydrogens (tertiary/aromatic N) is 1. The largest absolute Gasteiger partial charge is 0.360 e. The molecule has 0 aliphatic heterocycles. The van der Waals surface area contributed by atoms with Crippen LogP contribution in [0, 0.1) is 0 Å². The second kappa shape index (κ2) is 4.59. The molecule has 3 N–H and O–H groups in total. The lowest BCUT2D eigenvalue weighted by atomic mass is 10.2. The summed E-state index contributed by atoms with van der Waals surface area (Å²) in [4.78, 5) is 7.69. The monoisotopic (exact) mass is 221 g/mol. The van der Waals surface area contributed by atoms with Crippen molar-refractivity contribution in [2.75, 3.05) is 0 Å². The van der Waals surface area contributed by atoms with Crippen LogP contribution in [0.15, 0.2) is 23.7 Å². The molecule has 0 aromatic carbocycles. The predicted octanol–water partition coefficient (Wildman–Crippen LogP) is 2.42. The van der Waals surface area contributed by atoms with Gasteiger partial charge < -0.3 is 10.7 Å². The smallest absolute Gasteiger partial charge is 0.0976 e. The molecule has 2 aromatic heterocycles. The summed E-state index contributed by atoms with van der Waals surface area (Å²) in [6.45, 7) is 2.10. The van der Waals surface area contributed by atoms with Gasteiger partial charge >= 0.3 is 0 Å². The van der Waals surface area contributed by atoms with Crippen LogP contribution in [0.25, 0.3) is 11.4 Å². The number of aromatic nitrogens is 2. The van der Waals surface area contributed by atoms with Gasteiger partial charge in [-0.25, -0.2) is 4.98 Å². The van der Waals surface area contributed by atoms with E-state index < -0.39 is 0 Å². The molecular weight excluding hydrogens is 206 g/mol. The molecule has 1 atom stereocenters. The Labute approximate surface area is 93.4 Å². The molecule has 2 aromatic rings. The Morgan fingerprint density at radius 2 is 2.47 bits per heavy atom. The molecule has 0 saturated heterocycles. The van der Waals surface area contributed by atoms with Gasteiger partial charge in [0.1, 0.15) is 0 Å². The van der Waals surface area contributed by atoms with Gasteiger partial charge in [-0.15, -0.1) is 11.3 Å². The molecule has 1 unspecified atom stereocenters. The van der Waals surface area contributed by atoms with E-state index in [1.807, 2.05) is 18.3 Å². The molecule has 15 heavy (non-hydrogen) atoms. The van der Waals surface area contributed by atoms with Gasteiger partial charge in [-0.05, 0) is 18.6 Å². The van der Waals surface area contributed by atoms with E-state index in [1.54, 1.807) is 11.3 Å². The average Bonchev–Trinajstić information content (AvgIpc) is 2.85. The summed E-state index contributed by atoms with van der Waals surface area (Å²) >= 11 is 1.68. The highest BCUT2D eigenvalue weighted by Crippen LogP contribution is 2.20. The van der Waals surface area contributed by atoms with Crippen LogP contribution in [0.1, 0.15) is 18.4 Å². The second-order valence-corrected chi connectivity index (χ2v) is 4.53. The number of nitrogens with one attached hydrogen (secondary N) is 1. The minimum atomic E-state index is 0.229. The van der Waals surface area contributed by atoms with Crippen LogP contribution in [0.5, 0.6) is 0 Å². The summed E-state index contributed by atoms with van der Waals surface area (Å²) in [5.41, 5.74) is 7.98. The summed E-state index contributed by atoms with van der Waals surface area (Å²) in [5.74, 6) is 0. The van der Waals surface area contributed by atoms with Gasteiger partial charge in [-0.1, -0.05) is 6.92 Å². The lowest BCUT2D eigenvalue weighted by molar-refractivity contribution is 0.644. The maximum atomic E-state index is 5.89. The fourth-order valence-corrected chi connectivity index (χ4v) is 2.28. The van der Waals surface area contributed by atoms with Crippen LogP contribution >= 0.6 is 11.3 Å². The average molecular weight is 221 g/mol. The van der Waals surface area contributed by atoms with Gasteiger partial charge in [-0.2, -0.15) is 0 Å². The summed E-state index contributed by atoms with van der Waals surface area (Å²) in [6, 6.07) is 4.23. The van der Waals surface area contributed by atoms with Crippen molar-refractivity contribution < 1.29 is 0 Å². The van der Waals surface area contributed by atoms with E-state index in [0.29, 0.717) is 0 Å². The van der Waals surface area contributed by atoms with E-state index in [4.69, 9.17) is 5.73 Å². The molecule has 0 radical (unpaired) electrons. The first-order valence-electron chi connectivity index (χ1n) is 5.13. The zero-order valence-corrected chi connectivity index (χ0v) is 9.55. The van der Waals surface area contributed by atoms with Crippen molar-refractivity contribution in [2.24, 2.45) is 5.73 Å². The van der Waals surface area contributed by atoms with E-state index in [0.717, 1.165) is 29.2 Å². The van der Waals surface area contributed by atoms with E-state index in [2.05, 4.69) is 22.3 Å². The Morgan fingerprint density at radius 1 is 1.60 bits per heavy atom. The maximum absolute atomic E-state index is 5.89. The van der Waals surface area contributed by atoms with E-state index in [-0.39, 0.29) is 6.04 Å².